The van der Waals surface area contributed by atoms with Crippen molar-refractivity contribution >= 4 is 11.8 Å². The van der Waals surface area contributed by atoms with Gasteiger partial charge in [-0.3, -0.25) is 0 Å². The third-order valence-corrected chi connectivity index (χ3v) is 1.03. The Morgan fingerprint density at radius 2 is 2.17 bits per heavy atom. The smallest absolute Gasteiger partial charge is 0.0363 e. The normalized spacial score (nSPS) is 23.8. The summed E-state index contributed by atoms with van der Waals surface area (Å²) in [6, 6.07) is 0. The predicted molar refractivity (Wildman–Crippen MR) is 26.6 cm³/mol. The Kier molecular flexibility index (Phi) is 0.862. The average molecular weight is 104 g/mol. The maximum atomic E-state index is 5.42. The van der Waals surface area contributed by atoms with E-state index in [0.717, 1.165) is 13.1 Å². The molecule has 0 N–H and O–H groups in total. The van der Waals surface area contributed by atoms with Crippen molar-refractivity contribution in [2.75, 3.05) is 13.1 Å². The minimum absolute atomic E-state index is 0.877. The van der Waals surface area contributed by atoms with Crippen molar-refractivity contribution in [3.8, 4) is 0 Å². The zero-order valence-corrected chi connectivity index (χ0v) is 4.20. The van der Waals surface area contributed by atoms with Crippen molar-refractivity contribution in [3.63, 3.8) is 0 Å². The van der Waals surface area contributed by atoms with E-state index in [0.29, 0.717) is 0 Å². The van der Waals surface area contributed by atoms with Gasteiger partial charge >= 0.3 is 0 Å². The topological polar surface area (TPSA) is 3.24 Å². The molecule has 0 saturated carbocycles. The fourth-order valence-electron chi connectivity index (χ4n) is 0.439. The fraction of sp³-hybridized carbons (Fsp3) is 0.500. The Bertz CT molecular complexity index is 71.6. The van der Waals surface area contributed by atoms with Gasteiger partial charge in [0, 0.05) is 13.1 Å². The summed E-state index contributed by atoms with van der Waals surface area (Å²) < 4.78 is 1.70. The summed E-state index contributed by atoms with van der Waals surface area (Å²) in [6.45, 7) is 5.44. The van der Waals surface area contributed by atoms with E-state index in [-0.39, 0.29) is 0 Å². The lowest BCUT2D eigenvalue weighted by Crippen LogP contribution is -2.30. The van der Waals surface area contributed by atoms with Crippen LogP contribution in [0.1, 0.15) is 0 Å². The van der Waals surface area contributed by atoms with Crippen molar-refractivity contribution in [1.82, 2.24) is 4.42 Å². The van der Waals surface area contributed by atoms with Crippen LogP contribution in [0, 0.1) is 0 Å². The monoisotopic (exact) mass is 103 g/mol. The number of rotatable bonds is 0. The van der Waals surface area contributed by atoms with Crippen LogP contribution in [-0.2, 0) is 0 Å². The van der Waals surface area contributed by atoms with Gasteiger partial charge in [-0.15, -0.1) is 0 Å². The molecule has 0 radical (unpaired) electrons. The van der Waals surface area contributed by atoms with Gasteiger partial charge in [0.2, 0.25) is 0 Å². The highest BCUT2D eigenvalue weighted by molar-refractivity contribution is 6.14. The van der Waals surface area contributed by atoms with E-state index < -0.39 is 0 Å². The maximum absolute atomic E-state index is 5.42. The van der Waals surface area contributed by atoms with E-state index in [9.17, 15) is 0 Å². The van der Waals surface area contributed by atoms with Gasteiger partial charge in [0.1, 0.15) is 0 Å². The number of hydrogen-bond acceptors (Lipinski definition) is 1. The summed E-state index contributed by atoms with van der Waals surface area (Å²) >= 11 is 5.42. The highest BCUT2D eigenvalue weighted by Crippen LogP contribution is 2.12. The first-order valence-electron chi connectivity index (χ1n) is 1.86. The molecule has 1 fully saturated rings. The summed E-state index contributed by atoms with van der Waals surface area (Å²) in [4.78, 5) is 0. The van der Waals surface area contributed by atoms with Crippen molar-refractivity contribution < 1.29 is 0 Å². The fourth-order valence-corrected chi connectivity index (χ4v) is 0.777. The second kappa shape index (κ2) is 1.24. The van der Waals surface area contributed by atoms with Gasteiger partial charge in [-0.1, -0.05) is 6.58 Å². The summed E-state index contributed by atoms with van der Waals surface area (Å²) in [5.74, 6) is 0. The van der Waals surface area contributed by atoms with E-state index >= 15 is 0 Å². The minimum atomic E-state index is 0.877. The van der Waals surface area contributed by atoms with Crippen molar-refractivity contribution in [1.29, 1.82) is 0 Å². The van der Waals surface area contributed by atoms with Crippen molar-refractivity contribution in [2.24, 2.45) is 0 Å². The quantitative estimate of drug-likeness (QED) is 0.327. The van der Waals surface area contributed by atoms with Crippen LogP contribution >= 0.6 is 11.8 Å². The van der Waals surface area contributed by atoms with E-state index in [1.165, 1.54) is 5.57 Å². The van der Waals surface area contributed by atoms with Crippen LogP contribution in [0.5, 0.6) is 0 Å². The van der Waals surface area contributed by atoms with Gasteiger partial charge < -0.3 is 0 Å². The number of nitrogens with zero attached hydrogens (tertiary/aromatic N) is 1. The van der Waals surface area contributed by atoms with Gasteiger partial charge in [0.25, 0.3) is 0 Å². The molecular formula is C4H6ClN. The SMILES string of the molecule is C=C1CN(Cl)C1. The van der Waals surface area contributed by atoms with Gasteiger partial charge in [0.05, 0.1) is 0 Å². The summed E-state index contributed by atoms with van der Waals surface area (Å²) in [7, 11) is 0. The van der Waals surface area contributed by atoms with Crippen LogP contribution < -0.4 is 0 Å². The predicted octanol–water partition coefficient (Wildman–Crippen LogP) is 1.01. The second-order valence-corrected chi connectivity index (χ2v) is 2.01. The molecule has 6 heavy (non-hydrogen) atoms. The molecule has 0 spiro atoms. The summed E-state index contributed by atoms with van der Waals surface area (Å²) in [6.07, 6.45) is 0. The molecule has 0 aliphatic carbocycles. The molecule has 1 heterocycles. The Balaban J connectivity index is 2.28. The molecule has 0 unspecified atom stereocenters. The number of hydrogen-bond donors (Lipinski definition) is 0. The lowest BCUT2D eigenvalue weighted by atomic mass is 10.2. The van der Waals surface area contributed by atoms with Crippen LogP contribution in [0.3, 0.4) is 0 Å². The van der Waals surface area contributed by atoms with Crippen molar-refractivity contribution in [3.05, 3.63) is 12.2 Å². The zero-order chi connectivity index (χ0) is 4.57. The Morgan fingerprint density at radius 1 is 1.67 bits per heavy atom. The first-order chi connectivity index (χ1) is 2.79. The van der Waals surface area contributed by atoms with Crippen LogP contribution in [-0.4, -0.2) is 17.5 Å². The van der Waals surface area contributed by atoms with Gasteiger partial charge in [-0.05, 0) is 17.3 Å². The molecule has 1 aliphatic heterocycles. The van der Waals surface area contributed by atoms with E-state index in [1.54, 1.807) is 4.42 Å². The lowest BCUT2D eigenvalue weighted by molar-refractivity contribution is 0.433. The molecule has 1 nitrogen and oxygen atoms in total. The molecule has 1 aliphatic rings. The molecule has 2 heteroatoms. The molecule has 0 aromatic rings. The lowest BCUT2D eigenvalue weighted by Gasteiger charge is -2.24. The first-order valence-corrected chi connectivity index (χ1v) is 2.20. The zero-order valence-electron chi connectivity index (χ0n) is 3.45. The molecular weight excluding hydrogens is 97.5 g/mol. The van der Waals surface area contributed by atoms with Crippen molar-refractivity contribution in [2.45, 2.75) is 0 Å². The summed E-state index contributed by atoms with van der Waals surface area (Å²) in [5, 5.41) is 0. The van der Waals surface area contributed by atoms with Crippen LogP contribution in [0.15, 0.2) is 12.2 Å². The molecule has 0 aromatic heterocycles. The maximum Gasteiger partial charge on any atom is 0.0363 e. The Hall–Kier alpha value is -0.0100. The van der Waals surface area contributed by atoms with E-state index in [1.807, 2.05) is 0 Å². The Morgan fingerprint density at radius 3 is 2.17 bits per heavy atom. The van der Waals surface area contributed by atoms with Gasteiger partial charge in [-0.25, -0.2) is 4.42 Å². The van der Waals surface area contributed by atoms with Crippen LogP contribution in [0.25, 0.3) is 0 Å². The highest BCUT2D eigenvalue weighted by atomic mass is 35.5. The van der Waals surface area contributed by atoms with Gasteiger partial charge in [-0.2, -0.15) is 0 Å². The van der Waals surface area contributed by atoms with Crippen LogP contribution in [0.2, 0.25) is 0 Å². The third-order valence-electron chi connectivity index (χ3n) is 0.790. The molecule has 0 amide bonds. The van der Waals surface area contributed by atoms with E-state index in [2.05, 4.69) is 6.58 Å². The molecule has 0 bridgehead atoms. The third kappa shape index (κ3) is 0.559. The highest BCUT2D eigenvalue weighted by Gasteiger charge is 2.13. The van der Waals surface area contributed by atoms with Crippen LogP contribution in [0.4, 0.5) is 0 Å². The number of halogens is 1. The molecule has 34 valence electrons. The average Bonchev–Trinajstić information content (AvgIpc) is 1.33. The largest absolute Gasteiger partial charge is 0.212 e. The van der Waals surface area contributed by atoms with E-state index in [4.69, 9.17) is 11.8 Å². The molecule has 0 aromatic carbocycles. The molecule has 1 rings (SSSR count). The Labute approximate surface area is 42.3 Å². The second-order valence-electron chi connectivity index (χ2n) is 1.53. The standard InChI is InChI=1S/C4H6ClN/c1-4-2-6(5)3-4/h1-3H2. The first kappa shape index (κ1) is 4.16. The van der Waals surface area contributed by atoms with Gasteiger partial charge in [0.15, 0.2) is 0 Å². The molecule has 0 atom stereocenters. The summed E-state index contributed by atoms with van der Waals surface area (Å²) in [5.41, 5.74) is 1.23. The minimum Gasteiger partial charge on any atom is -0.212 e. The molecule has 1 saturated heterocycles.